The predicted molar refractivity (Wildman–Crippen MR) is 163 cm³/mol. The van der Waals surface area contributed by atoms with Crippen molar-refractivity contribution in [1.82, 2.24) is 0 Å². The van der Waals surface area contributed by atoms with Gasteiger partial charge in [-0.15, -0.1) is 0 Å². The summed E-state index contributed by atoms with van der Waals surface area (Å²) in [5.74, 6) is 0.101. The normalized spacial score (nSPS) is 11.0. The molecule has 0 bridgehead atoms. The van der Waals surface area contributed by atoms with Crippen molar-refractivity contribution < 1.29 is 23.8 Å². The van der Waals surface area contributed by atoms with Crippen molar-refractivity contribution in [1.29, 1.82) is 5.26 Å². The second kappa shape index (κ2) is 13.6. The van der Waals surface area contributed by atoms with Crippen LogP contribution < -0.4 is 14.8 Å². The number of ether oxygens (including phenoxy) is 3. The zero-order valence-electron chi connectivity index (χ0n) is 22.1. The van der Waals surface area contributed by atoms with Gasteiger partial charge in [-0.25, -0.2) is 4.79 Å². The molecule has 0 spiro atoms. The summed E-state index contributed by atoms with van der Waals surface area (Å²) in [5, 5.41) is 14.7. The standard InChI is InChI=1S/C32H27IN2O5/c1-3-38-29-18-22(16-26(19-34)31(36)35-27-13-11-24(12-14-27)32(37)39-4-2)17-28(33)30(29)40-20-21-9-10-23-7-5-6-8-25(23)15-21/h5-18H,3-4,20H2,1-2H3,(H,35,36)/b26-16+. The van der Waals surface area contributed by atoms with Crippen molar-refractivity contribution in [3.05, 3.63) is 105 Å². The number of hydrogen-bond donors (Lipinski definition) is 1. The summed E-state index contributed by atoms with van der Waals surface area (Å²) in [6, 6.07) is 26.2. The van der Waals surface area contributed by atoms with E-state index in [2.05, 4.69) is 52.2 Å². The summed E-state index contributed by atoms with van der Waals surface area (Å²) >= 11 is 2.16. The number of carbonyl (C=O) groups excluding carboxylic acids is 2. The van der Waals surface area contributed by atoms with Gasteiger partial charge < -0.3 is 19.5 Å². The van der Waals surface area contributed by atoms with Gasteiger partial charge in [-0.1, -0.05) is 36.4 Å². The van der Waals surface area contributed by atoms with Gasteiger partial charge in [0, 0.05) is 5.69 Å². The maximum atomic E-state index is 12.8. The van der Waals surface area contributed by atoms with Gasteiger partial charge >= 0.3 is 5.97 Å². The molecule has 4 rings (SSSR count). The van der Waals surface area contributed by atoms with E-state index in [4.69, 9.17) is 14.2 Å². The number of carbonyl (C=O) groups is 2. The summed E-state index contributed by atoms with van der Waals surface area (Å²) in [4.78, 5) is 24.7. The number of anilines is 1. The first-order valence-electron chi connectivity index (χ1n) is 12.7. The van der Waals surface area contributed by atoms with E-state index >= 15 is 0 Å². The first kappa shape index (κ1) is 28.6. The number of amides is 1. The molecule has 0 aliphatic rings. The number of fused-ring (bicyclic) bond motifs is 1. The number of nitriles is 1. The zero-order chi connectivity index (χ0) is 28.5. The van der Waals surface area contributed by atoms with E-state index in [-0.39, 0.29) is 12.2 Å². The zero-order valence-corrected chi connectivity index (χ0v) is 24.2. The van der Waals surface area contributed by atoms with E-state index < -0.39 is 11.9 Å². The lowest BCUT2D eigenvalue weighted by atomic mass is 10.1. The quantitative estimate of drug-likeness (QED) is 0.0852. The Morgan fingerprint density at radius 1 is 0.925 bits per heavy atom. The predicted octanol–water partition coefficient (Wildman–Crippen LogP) is 7.14. The molecule has 0 heterocycles. The van der Waals surface area contributed by atoms with Gasteiger partial charge in [0.1, 0.15) is 18.2 Å². The van der Waals surface area contributed by atoms with Crippen molar-refractivity contribution in [3.8, 4) is 17.6 Å². The molecule has 0 fully saturated rings. The Hall–Kier alpha value is -4.36. The van der Waals surface area contributed by atoms with Crippen molar-refractivity contribution in [2.45, 2.75) is 20.5 Å². The SMILES string of the molecule is CCOC(=O)c1ccc(NC(=O)/C(C#N)=C/c2cc(I)c(OCc3ccc4ccccc4c3)c(OCC)c2)cc1. The molecular formula is C32H27IN2O5. The number of esters is 1. The van der Waals surface area contributed by atoms with E-state index in [0.717, 1.165) is 19.9 Å². The van der Waals surface area contributed by atoms with Crippen LogP contribution in [0.3, 0.4) is 0 Å². The van der Waals surface area contributed by atoms with Gasteiger partial charge in [-0.3, -0.25) is 4.79 Å². The molecule has 4 aromatic rings. The van der Waals surface area contributed by atoms with Crippen molar-refractivity contribution in [3.63, 3.8) is 0 Å². The maximum absolute atomic E-state index is 12.8. The Labute approximate surface area is 246 Å². The maximum Gasteiger partial charge on any atom is 0.338 e. The fourth-order valence-electron chi connectivity index (χ4n) is 3.98. The van der Waals surface area contributed by atoms with Crippen LogP contribution >= 0.6 is 22.6 Å². The highest BCUT2D eigenvalue weighted by Crippen LogP contribution is 2.36. The minimum Gasteiger partial charge on any atom is -0.490 e. The van der Waals surface area contributed by atoms with Crippen molar-refractivity contribution in [2.75, 3.05) is 18.5 Å². The monoisotopic (exact) mass is 646 g/mol. The average molecular weight is 646 g/mol. The molecule has 0 saturated heterocycles. The summed E-state index contributed by atoms with van der Waals surface area (Å²) in [6.45, 7) is 4.66. The number of hydrogen-bond acceptors (Lipinski definition) is 6. The lowest BCUT2D eigenvalue weighted by molar-refractivity contribution is -0.112. The Bertz CT molecular complexity index is 1610. The van der Waals surface area contributed by atoms with Gasteiger partial charge in [0.25, 0.3) is 5.91 Å². The molecule has 0 unspecified atom stereocenters. The summed E-state index contributed by atoms with van der Waals surface area (Å²) in [7, 11) is 0. The topological polar surface area (TPSA) is 97.7 Å². The van der Waals surface area contributed by atoms with E-state index in [0.29, 0.717) is 41.5 Å². The van der Waals surface area contributed by atoms with Crippen LogP contribution in [0.5, 0.6) is 11.5 Å². The van der Waals surface area contributed by atoms with E-state index in [1.165, 1.54) is 6.08 Å². The second-order valence-electron chi connectivity index (χ2n) is 8.65. The molecule has 8 heteroatoms. The highest BCUT2D eigenvalue weighted by Gasteiger charge is 2.15. The molecule has 1 amide bonds. The van der Waals surface area contributed by atoms with Crippen LogP contribution in [0.1, 0.15) is 35.3 Å². The third kappa shape index (κ3) is 7.18. The van der Waals surface area contributed by atoms with Crippen LogP contribution in [0.25, 0.3) is 16.8 Å². The number of halogens is 1. The number of nitrogens with zero attached hydrogens (tertiary/aromatic N) is 1. The van der Waals surface area contributed by atoms with Crippen LogP contribution in [0, 0.1) is 14.9 Å². The van der Waals surface area contributed by atoms with Crippen LogP contribution in [0.4, 0.5) is 5.69 Å². The van der Waals surface area contributed by atoms with Crippen molar-refractivity contribution >= 4 is 57.0 Å². The molecule has 4 aromatic carbocycles. The molecule has 0 aliphatic carbocycles. The third-order valence-electron chi connectivity index (χ3n) is 5.86. The third-order valence-corrected chi connectivity index (χ3v) is 6.66. The number of benzene rings is 4. The highest BCUT2D eigenvalue weighted by atomic mass is 127. The Balaban J connectivity index is 1.51. The molecule has 0 atom stereocenters. The average Bonchev–Trinajstić information content (AvgIpc) is 2.96. The lowest BCUT2D eigenvalue weighted by Crippen LogP contribution is -2.13. The molecular weight excluding hydrogens is 619 g/mol. The molecule has 7 nitrogen and oxygen atoms in total. The first-order valence-corrected chi connectivity index (χ1v) is 13.8. The Morgan fingerprint density at radius 3 is 2.38 bits per heavy atom. The molecule has 0 saturated carbocycles. The Kier molecular flexibility index (Phi) is 9.76. The smallest absolute Gasteiger partial charge is 0.338 e. The summed E-state index contributed by atoms with van der Waals surface area (Å²) < 4.78 is 17.8. The first-order chi connectivity index (χ1) is 19.4. The molecule has 40 heavy (non-hydrogen) atoms. The largest absolute Gasteiger partial charge is 0.490 e. The molecule has 202 valence electrons. The highest BCUT2D eigenvalue weighted by molar-refractivity contribution is 14.1. The minimum absolute atomic E-state index is 0.0856. The Morgan fingerprint density at radius 2 is 1.68 bits per heavy atom. The second-order valence-corrected chi connectivity index (χ2v) is 9.82. The molecule has 1 N–H and O–H groups in total. The van der Waals surface area contributed by atoms with Gasteiger partial charge in [0.05, 0.1) is 22.3 Å². The lowest BCUT2D eigenvalue weighted by Gasteiger charge is -2.15. The van der Waals surface area contributed by atoms with Gasteiger partial charge in [0.2, 0.25) is 0 Å². The molecule has 0 aromatic heterocycles. The number of rotatable bonds is 10. The van der Waals surface area contributed by atoms with Crippen LogP contribution in [0.15, 0.2) is 84.4 Å². The fourth-order valence-corrected chi connectivity index (χ4v) is 4.76. The summed E-state index contributed by atoms with van der Waals surface area (Å²) in [5.41, 5.74) is 2.38. The van der Waals surface area contributed by atoms with E-state index in [1.54, 1.807) is 37.3 Å². The molecule has 0 radical (unpaired) electrons. The fraction of sp³-hybridized carbons (Fsp3) is 0.156. The summed E-state index contributed by atoms with van der Waals surface area (Å²) in [6.07, 6.45) is 1.50. The van der Waals surface area contributed by atoms with E-state index in [1.807, 2.05) is 37.3 Å². The number of nitrogens with one attached hydrogen (secondary N) is 1. The van der Waals surface area contributed by atoms with E-state index in [9.17, 15) is 14.9 Å². The molecule has 0 aliphatic heterocycles. The van der Waals surface area contributed by atoms with Crippen molar-refractivity contribution in [2.24, 2.45) is 0 Å². The van der Waals surface area contributed by atoms with Crippen LogP contribution in [-0.4, -0.2) is 25.1 Å². The van der Waals surface area contributed by atoms with Crippen LogP contribution in [-0.2, 0) is 16.1 Å². The van der Waals surface area contributed by atoms with Gasteiger partial charge in [0.15, 0.2) is 11.5 Å². The van der Waals surface area contributed by atoms with Crippen LogP contribution in [0.2, 0.25) is 0 Å². The minimum atomic E-state index is -0.573. The van der Waals surface area contributed by atoms with Gasteiger partial charge in [-0.2, -0.15) is 5.26 Å². The van der Waals surface area contributed by atoms with Gasteiger partial charge in [-0.05, 0) is 107 Å².